The molecule has 0 spiro atoms. The third kappa shape index (κ3) is 5.90. The molecule has 1 saturated heterocycles. The zero-order valence-electron chi connectivity index (χ0n) is 18.8. The van der Waals surface area contributed by atoms with Crippen molar-refractivity contribution in [3.8, 4) is 5.75 Å². The molecule has 2 aromatic heterocycles. The molecule has 1 aliphatic carbocycles. The first-order valence-corrected chi connectivity index (χ1v) is 12.8. The van der Waals surface area contributed by atoms with Crippen LogP contribution in [0.3, 0.4) is 0 Å². The van der Waals surface area contributed by atoms with Gasteiger partial charge in [0.05, 0.1) is 24.0 Å². The number of pyridine rings is 2. The van der Waals surface area contributed by atoms with Crippen LogP contribution >= 0.6 is 0 Å². The van der Waals surface area contributed by atoms with E-state index in [1.54, 1.807) is 12.3 Å². The Hall–Kier alpha value is -1.83. The third-order valence-electron chi connectivity index (χ3n) is 6.27. The summed E-state index contributed by atoms with van der Waals surface area (Å²) in [5.41, 5.74) is 2.00. The van der Waals surface area contributed by atoms with Crippen LogP contribution in [0.2, 0.25) is 0 Å². The van der Waals surface area contributed by atoms with Gasteiger partial charge in [0, 0.05) is 36.5 Å². The van der Waals surface area contributed by atoms with Crippen molar-refractivity contribution in [2.45, 2.75) is 75.7 Å². The maximum Gasteiger partial charge on any atom is 0.244 e. The fourth-order valence-electron chi connectivity index (χ4n) is 4.42. The van der Waals surface area contributed by atoms with Crippen LogP contribution in [0, 0.1) is 13.8 Å². The smallest absolute Gasteiger partial charge is 0.244 e. The van der Waals surface area contributed by atoms with Crippen molar-refractivity contribution in [1.29, 1.82) is 0 Å². The van der Waals surface area contributed by atoms with E-state index in [9.17, 15) is 4.55 Å². The Morgan fingerprint density at radius 3 is 2.23 bits per heavy atom. The molecule has 2 aromatic rings. The lowest BCUT2D eigenvalue weighted by Crippen LogP contribution is -2.40. The average Bonchev–Trinajstić information content (AvgIpc) is 2.77. The lowest BCUT2D eigenvalue weighted by Gasteiger charge is -2.36. The van der Waals surface area contributed by atoms with Crippen molar-refractivity contribution in [3.63, 3.8) is 0 Å². The molecular weight excluding hydrogens is 410 g/mol. The lowest BCUT2D eigenvalue weighted by atomic mass is 9.94. The second-order valence-electron chi connectivity index (χ2n) is 8.72. The average molecular weight is 444 g/mol. The number of aromatic nitrogens is 2. The summed E-state index contributed by atoms with van der Waals surface area (Å²) in [6.07, 6.45) is 10.6. The molecule has 2 fully saturated rings. The minimum atomic E-state index is -1.07. The Morgan fingerprint density at radius 2 is 1.61 bits per heavy atom. The third-order valence-corrected chi connectivity index (χ3v) is 7.08. The molecular formula is C24H33N3O3S. The molecule has 1 aliphatic heterocycles. The van der Waals surface area contributed by atoms with Gasteiger partial charge in [0.15, 0.2) is 0 Å². The fourth-order valence-corrected chi connectivity index (χ4v) is 4.94. The standard InChI is InChI=1S/C24H33N3O3S/c1-17-4-10-23(25-16-17)27-14-12-21(13-15-27)29-19-5-7-20(8-6-19)30-22-9-11-24(31(3)28)26-18(22)2/h4,9-11,16,19-21H,5-8,12-15H2,1-3H3. The molecule has 1 saturated carbocycles. The summed E-state index contributed by atoms with van der Waals surface area (Å²) in [4.78, 5) is 11.3. The maximum atomic E-state index is 11.6. The number of rotatable bonds is 6. The Labute approximate surface area is 188 Å². The summed E-state index contributed by atoms with van der Waals surface area (Å²) in [5, 5.41) is 0.603. The number of ether oxygens (including phenoxy) is 2. The minimum absolute atomic E-state index is 0.202. The van der Waals surface area contributed by atoms with Crippen LogP contribution in [0.25, 0.3) is 0 Å². The van der Waals surface area contributed by atoms with Crippen LogP contribution in [-0.4, -0.2) is 52.2 Å². The van der Waals surface area contributed by atoms with Crippen LogP contribution in [-0.2, 0) is 15.9 Å². The quantitative estimate of drug-likeness (QED) is 0.623. The topological polar surface area (TPSA) is 70.5 Å². The first kappa shape index (κ1) is 22.4. The van der Waals surface area contributed by atoms with E-state index in [1.165, 1.54) is 5.56 Å². The fraction of sp³-hybridized carbons (Fsp3) is 0.583. The zero-order valence-corrected chi connectivity index (χ0v) is 19.6. The van der Waals surface area contributed by atoms with E-state index in [4.69, 9.17) is 9.47 Å². The van der Waals surface area contributed by atoms with Gasteiger partial charge < -0.3 is 18.9 Å². The number of hydrogen-bond donors (Lipinski definition) is 0. The molecule has 4 rings (SSSR count). The van der Waals surface area contributed by atoms with Crippen molar-refractivity contribution in [2.75, 3.05) is 24.2 Å². The Kier molecular flexibility index (Phi) is 7.35. The monoisotopic (exact) mass is 443 g/mol. The van der Waals surface area contributed by atoms with E-state index in [0.29, 0.717) is 17.2 Å². The van der Waals surface area contributed by atoms with Gasteiger partial charge in [-0.3, -0.25) is 0 Å². The predicted molar refractivity (Wildman–Crippen MR) is 123 cm³/mol. The summed E-state index contributed by atoms with van der Waals surface area (Å²) in [6.45, 7) is 5.99. The predicted octanol–water partition coefficient (Wildman–Crippen LogP) is 4.21. The normalized spacial score (nSPS) is 23.5. The highest BCUT2D eigenvalue weighted by atomic mass is 32.2. The zero-order chi connectivity index (χ0) is 21.8. The van der Waals surface area contributed by atoms with Gasteiger partial charge in [0.2, 0.25) is 5.03 Å². The van der Waals surface area contributed by atoms with Crippen molar-refractivity contribution in [3.05, 3.63) is 41.7 Å². The Bertz CT molecular complexity index is 846. The molecule has 0 aromatic carbocycles. The Balaban J connectivity index is 1.20. The van der Waals surface area contributed by atoms with E-state index < -0.39 is 11.2 Å². The molecule has 6 nitrogen and oxygen atoms in total. The summed E-state index contributed by atoms with van der Waals surface area (Å²) in [5.74, 6) is 1.88. The molecule has 0 radical (unpaired) electrons. The largest absolute Gasteiger partial charge is 0.610 e. The minimum Gasteiger partial charge on any atom is -0.610 e. The molecule has 7 heteroatoms. The molecule has 31 heavy (non-hydrogen) atoms. The molecule has 3 heterocycles. The number of piperidine rings is 1. The molecule has 0 bridgehead atoms. The highest BCUT2D eigenvalue weighted by Gasteiger charge is 2.28. The maximum absolute atomic E-state index is 11.6. The van der Waals surface area contributed by atoms with Crippen LogP contribution < -0.4 is 9.64 Å². The van der Waals surface area contributed by atoms with Crippen molar-refractivity contribution >= 4 is 17.0 Å². The van der Waals surface area contributed by atoms with E-state index in [-0.39, 0.29) is 6.10 Å². The van der Waals surface area contributed by atoms with Gasteiger partial charge in [-0.15, -0.1) is 0 Å². The first-order valence-electron chi connectivity index (χ1n) is 11.3. The second kappa shape index (κ2) is 10.2. The molecule has 0 amide bonds. The summed E-state index contributed by atoms with van der Waals surface area (Å²) in [7, 11) is 0. The van der Waals surface area contributed by atoms with Crippen LogP contribution in [0.15, 0.2) is 35.5 Å². The van der Waals surface area contributed by atoms with Crippen LogP contribution in [0.5, 0.6) is 5.75 Å². The van der Waals surface area contributed by atoms with Gasteiger partial charge in [-0.1, -0.05) is 6.07 Å². The number of hydrogen-bond acceptors (Lipinski definition) is 6. The molecule has 2 aliphatic rings. The van der Waals surface area contributed by atoms with Gasteiger partial charge in [-0.05, 0) is 70.1 Å². The number of nitrogens with zero attached hydrogens (tertiary/aromatic N) is 3. The van der Waals surface area contributed by atoms with Crippen LogP contribution in [0.4, 0.5) is 5.82 Å². The number of aryl methyl sites for hydroxylation is 2. The summed E-state index contributed by atoms with van der Waals surface area (Å²) >= 11 is -1.07. The van der Waals surface area contributed by atoms with Crippen molar-refractivity contribution in [2.24, 2.45) is 0 Å². The van der Waals surface area contributed by atoms with E-state index in [0.717, 1.165) is 68.9 Å². The second-order valence-corrected chi connectivity index (χ2v) is 10.0. The van der Waals surface area contributed by atoms with Crippen LogP contribution in [0.1, 0.15) is 49.8 Å². The van der Waals surface area contributed by atoms with E-state index >= 15 is 0 Å². The highest BCUT2D eigenvalue weighted by molar-refractivity contribution is 7.90. The lowest BCUT2D eigenvalue weighted by molar-refractivity contribution is -0.0528. The van der Waals surface area contributed by atoms with Gasteiger partial charge in [-0.25, -0.2) is 9.97 Å². The number of anilines is 1. The summed E-state index contributed by atoms with van der Waals surface area (Å²) < 4.78 is 24.2. The SMILES string of the molecule is Cc1ccc(N2CCC(OC3CCC(Oc4ccc([S+](C)[O-])nc4C)CC3)CC2)nc1. The van der Waals surface area contributed by atoms with Crippen molar-refractivity contribution < 1.29 is 14.0 Å². The first-order chi connectivity index (χ1) is 15.0. The van der Waals surface area contributed by atoms with Gasteiger partial charge in [0.25, 0.3) is 0 Å². The highest BCUT2D eigenvalue weighted by Crippen LogP contribution is 2.29. The molecule has 1 atom stereocenters. The molecule has 168 valence electrons. The molecule has 1 unspecified atom stereocenters. The molecule has 0 N–H and O–H groups in total. The summed E-state index contributed by atoms with van der Waals surface area (Å²) in [6, 6.07) is 7.94. The van der Waals surface area contributed by atoms with E-state index in [2.05, 4.69) is 33.9 Å². The van der Waals surface area contributed by atoms with Gasteiger partial charge in [0.1, 0.15) is 17.8 Å². The Morgan fingerprint density at radius 1 is 0.935 bits per heavy atom. The van der Waals surface area contributed by atoms with E-state index in [1.807, 2.05) is 19.2 Å². The van der Waals surface area contributed by atoms with Gasteiger partial charge in [-0.2, -0.15) is 0 Å². The van der Waals surface area contributed by atoms with Gasteiger partial charge >= 0.3 is 0 Å². The van der Waals surface area contributed by atoms with Crippen molar-refractivity contribution in [1.82, 2.24) is 9.97 Å².